The van der Waals surface area contributed by atoms with Gasteiger partial charge in [-0.3, -0.25) is 18.9 Å². The zero-order valence-electron chi connectivity index (χ0n) is 20.0. The van der Waals surface area contributed by atoms with E-state index in [9.17, 15) is 33.1 Å². The van der Waals surface area contributed by atoms with Crippen molar-refractivity contribution in [1.29, 1.82) is 0 Å². The van der Waals surface area contributed by atoms with Crippen LogP contribution in [0.3, 0.4) is 0 Å². The number of aromatic nitrogens is 3. The zero-order chi connectivity index (χ0) is 28.7. The maximum atomic E-state index is 13.4. The number of thiazole rings is 2. The number of Topliss-reactive ketones (excluding diaryl/α,β-unsaturated/α-hetero) is 1. The molecule has 19 heteroatoms. The predicted octanol–water partition coefficient (Wildman–Crippen LogP) is 0.727. The molecule has 1 saturated heterocycles. The number of oxime groups is 1. The second kappa shape index (κ2) is 10.3. The zero-order valence-corrected chi connectivity index (χ0v) is 22.4. The van der Waals surface area contributed by atoms with Crippen molar-refractivity contribution in [2.24, 2.45) is 11.1 Å². The number of anilines is 1. The Bertz CT molecular complexity index is 1610. The van der Waals surface area contributed by atoms with Gasteiger partial charge in [-0.2, -0.15) is 18.2 Å². The summed E-state index contributed by atoms with van der Waals surface area (Å²) in [6, 6.07) is 0.901. The first kappa shape index (κ1) is 28.1. The van der Waals surface area contributed by atoms with Crippen molar-refractivity contribution < 1.29 is 42.0 Å². The minimum Gasteiger partial charge on any atom is -0.503 e. The molecule has 0 aliphatic carbocycles. The van der Waals surface area contributed by atoms with Crippen LogP contribution in [0.1, 0.15) is 42.8 Å². The molecule has 16 nitrogen and oxygen atoms in total. The van der Waals surface area contributed by atoms with Crippen molar-refractivity contribution >= 4 is 55.6 Å². The van der Waals surface area contributed by atoms with Crippen LogP contribution in [0.4, 0.5) is 5.13 Å². The van der Waals surface area contributed by atoms with Gasteiger partial charge in [-0.1, -0.05) is 5.16 Å². The first-order valence-electron chi connectivity index (χ1n) is 10.7. The van der Waals surface area contributed by atoms with Gasteiger partial charge < -0.3 is 20.9 Å². The molecular weight excluding hydrogens is 580 g/mol. The highest BCUT2D eigenvalue weighted by molar-refractivity contribution is 7.80. The Balaban J connectivity index is 1.67. The van der Waals surface area contributed by atoms with E-state index in [1.807, 2.05) is 0 Å². The maximum absolute atomic E-state index is 13.4. The number of hydroxylamine groups is 2. The fraction of sp³-hybridized carbons (Fsp3) is 0.300. The second-order valence-electron chi connectivity index (χ2n) is 8.63. The van der Waals surface area contributed by atoms with E-state index in [1.54, 1.807) is 5.38 Å². The van der Waals surface area contributed by atoms with Crippen LogP contribution in [0.15, 0.2) is 39.2 Å². The minimum atomic E-state index is -4.98. The smallest absolute Gasteiger partial charge is 0.418 e. The highest BCUT2D eigenvalue weighted by atomic mass is 32.3. The number of β-lactam (4-membered cyclic amide) rings is 1. The van der Waals surface area contributed by atoms with Crippen molar-refractivity contribution in [2.75, 3.05) is 5.73 Å². The molecule has 0 spiro atoms. The summed E-state index contributed by atoms with van der Waals surface area (Å²) in [6.45, 7) is 2.85. The van der Waals surface area contributed by atoms with Gasteiger partial charge in [0.05, 0.1) is 17.7 Å². The van der Waals surface area contributed by atoms with Gasteiger partial charge in [-0.25, -0.2) is 9.97 Å². The first-order valence-corrected chi connectivity index (χ1v) is 13.8. The summed E-state index contributed by atoms with van der Waals surface area (Å²) in [4.78, 5) is 51.7. The number of aromatic hydroxyl groups is 1. The van der Waals surface area contributed by atoms with Gasteiger partial charge in [0.1, 0.15) is 16.4 Å². The molecule has 0 radical (unpaired) electrons. The van der Waals surface area contributed by atoms with Crippen molar-refractivity contribution in [3.05, 3.63) is 55.8 Å². The minimum absolute atomic E-state index is 0.00287. The lowest BCUT2D eigenvalue weighted by Gasteiger charge is -2.50. The first-order chi connectivity index (χ1) is 18.2. The van der Waals surface area contributed by atoms with Gasteiger partial charge in [0, 0.05) is 29.4 Å². The normalized spacial score (nSPS) is 18.0. The number of nitrogens with zero attached hydrogens (tertiary/aromatic N) is 5. The van der Waals surface area contributed by atoms with Crippen molar-refractivity contribution in [3.63, 3.8) is 0 Å². The van der Waals surface area contributed by atoms with E-state index in [-0.39, 0.29) is 27.2 Å². The lowest BCUT2D eigenvalue weighted by Crippen LogP contribution is -2.68. The summed E-state index contributed by atoms with van der Waals surface area (Å²) in [6.07, 6.45) is 0.381. The topological polar surface area (TPSA) is 237 Å². The van der Waals surface area contributed by atoms with E-state index in [0.717, 1.165) is 34.9 Å². The number of hydrogen-bond donors (Lipinski definition) is 4. The molecule has 3 aromatic rings. The Hall–Kier alpha value is -3.91. The standard InChI is InChI=1S/C20H20N6O10S3/c1-20(2)9(18(30)26(20)36-39(32,33)34)5-13(28)15(10-8-38-19(21)23-10)24-35-16(17-22-3-4-37-17)11-6-12(27)14(29)7-25(11)31/h3-4,6-9,16,29,31H,5H2,1-2H3,(H2,21,23)(H,32,33,34)/b24-15-/t9-,16?/m1/s1. The average molecular weight is 601 g/mol. The Morgan fingerprint density at radius 1 is 1.33 bits per heavy atom. The molecular formula is C20H20N6O10S3. The third kappa shape index (κ3) is 5.76. The number of rotatable bonds is 10. The molecule has 1 unspecified atom stereocenters. The SMILES string of the molecule is CC1(C)[C@H](CC(=O)/C(=N\OC(c2nccs2)c2cc(=O)c(O)cn2O)c2csc(N)n2)C(=O)N1OS(=O)(=O)O. The molecule has 4 rings (SSSR count). The van der Waals surface area contributed by atoms with Crippen LogP contribution in [0.25, 0.3) is 0 Å². The van der Waals surface area contributed by atoms with Gasteiger partial charge in [0.15, 0.2) is 22.4 Å². The van der Waals surface area contributed by atoms with Crippen LogP contribution in [0, 0.1) is 5.92 Å². The van der Waals surface area contributed by atoms with E-state index in [2.05, 4.69) is 19.4 Å². The largest absolute Gasteiger partial charge is 0.503 e. The van der Waals surface area contributed by atoms with Crippen LogP contribution in [-0.4, -0.2) is 66.0 Å². The quantitative estimate of drug-likeness (QED) is 0.0826. The Kier molecular flexibility index (Phi) is 7.45. The Morgan fingerprint density at radius 3 is 2.62 bits per heavy atom. The second-order valence-corrected chi connectivity index (χ2v) is 11.4. The van der Waals surface area contributed by atoms with Crippen LogP contribution in [0.5, 0.6) is 5.75 Å². The molecule has 0 bridgehead atoms. The molecule has 1 fully saturated rings. The summed E-state index contributed by atoms with van der Waals surface area (Å²) in [7, 11) is -4.98. The van der Waals surface area contributed by atoms with Gasteiger partial charge in [-0.05, 0) is 13.8 Å². The Morgan fingerprint density at radius 2 is 2.05 bits per heavy atom. The number of nitrogens with two attached hydrogens (primary N) is 1. The third-order valence-electron chi connectivity index (χ3n) is 5.70. The highest BCUT2D eigenvalue weighted by Gasteiger charge is 2.57. The van der Waals surface area contributed by atoms with Crippen LogP contribution < -0.4 is 11.2 Å². The number of pyridine rings is 1. The summed E-state index contributed by atoms with van der Waals surface area (Å²) in [5.74, 6) is -3.42. The Labute approximate surface area is 227 Å². The number of hydrogen-bond acceptors (Lipinski definition) is 15. The monoisotopic (exact) mass is 600 g/mol. The van der Waals surface area contributed by atoms with E-state index in [4.69, 9.17) is 15.1 Å². The summed E-state index contributed by atoms with van der Waals surface area (Å²) >= 11 is 2.08. The number of carbonyl (C=O) groups excluding carboxylic acids is 2. The summed E-state index contributed by atoms with van der Waals surface area (Å²) in [5, 5.41) is 27.6. The molecule has 3 aromatic heterocycles. The van der Waals surface area contributed by atoms with Crippen LogP contribution in [0.2, 0.25) is 0 Å². The lowest BCUT2D eigenvalue weighted by atomic mass is 9.74. The molecule has 39 heavy (non-hydrogen) atoms. The number of ketones is 1. The van der Waals surface area contributed by atoms with Crippen molar-refractivity contribution in [3.8, 4) is 5.75 Å². The number of carbonyl (C=O) groups is 2. The van der Waals surface area contributed by atoms with E-state index in [0.29, 0.717) is 9.79 Å². The molecule has 2 atom stereocenters. The molecule has 208 valence electrons. The molecule has 4 heterocycles. The third-order valence-corrected chi connectivity index (χ3v) is 7.53. The van der Waals surface area contributed by atoms with Crippen LogP contribution >= 0.6 is 22.7 Å². The molecule has 1 aliphatic heterocycles. The fourth-order valence-corrected chi connectivity index (χ4v) is 5.38. The molecule has 1 amide bonds. The van der Waals surface area contributed by atoms with E-state index in [1.165, 1.54) is 25.4 Å². The molecule has 0 saturated carbocycles. The molecule has 5 N–H and O–H groups in total. The highest BCUT2D eigenvalue weighted by Crippen LogP contribution is 2.41. The van der Waals surface area contributed by atoms with Gasteiger partial charge in [0.25, 0.3) is 5.91 Å². The van der Waals surface area contributed by atoms with Gasteiger partial charge in [0.2, 0.25) is 11.5 Å². The average Bonchev–Trinajstić information content (AvgIpc) is 3.53. The van der Waals surface area contributed by atoms with Gasteiger partial charge >= 0.3 is 10.4 Å². The van der Waals surface area contributed by atoms with Gasteiger partial charge in [-0.15, -0.1) is 27.0 Å². The van der Waals surface area contributed by atoms with Crippen LogP contribution in [-0.2, 0) is 29.1 Å². The van der Waals surface area contributed by atoms with E-state index < -0.39 is 57.2 Å². The number of nitrogen functional groups attached to an aromatic ring is 1. The molecule has 0 aromatic carbocycles. The summed E-state index contributed by atoms with van der Waals surface area (Å²) in [5.41, 5.74) is 3.04. The lowest BCUT2D eigenvalue weighted by molar-refractivity contribution is -0.228. The van der Waals surface area contributed by atoms with Crippen molar-refractivity contribution in [2.45, 2.75) is 31.9 Å². The molecule has 1 aliphatic rings. The maximum Gasteiger partial charge on any atom is 0.418 e. The predicted molar refractivity (Wildman–Crippen MR) is 134 cm³/mol. The van der Waals surface area contributed by atoms with Crippen molar-refractivity contribution in [1.82, 2.24) is 19.8 Å². The van der Waals surface area contributed by atoms with E-state index >= 15 is 0 Å². The number of amides is 1. The summed E-state index contributed by atoms with van der Waals surface area (Å²) < 4.78 is 35.8. The fourth-order valence-electron chi connectivity index (χ4n) is 3.71.